The van der Waals surface area contributed by atoms with Gasteiger partial charge in [-0.1, -0.05) is 69.2 Å². The first-order valence-electron chi connectivity index (χ1n) is 7.34. The lowest BCUT2D eigenvalue weighted by Gasteiger charge is -2.28. The van der Waals surface area contributed by atoms with Crippen LogP contribution in [0.1, 0.15) is 49.4 Å². The molecule has 0 saturated carbocycles. The number of phenols is 1. The van der Waals surface area contributed by atoms with Gasteiger partial charge in [0.2, 0.25) is 0 Å². The van der Waals surface area contributed by atoms with Crippen LogP contribution in [0, 0.1) is 6.92 Å². The highest BCUT2D eigenvalue weighted by Crippen LogP contribution is 2.37. The highest BCUT2D eigenvalue weighted by Gasteiger charge is 2.26. The molecule has 0 radical (unpaired) electrons. The Kier molecular flexibility index (Phi) is 4.17. The van der Waals surface area contributed by atoms with Crippen molar-refractivity contribution in [2.75, 3.05) is 0 Å². The summed E-state index contributed by atoms with van der Waals surface area (Å²) in [7, 11) is 0. The molecule has 2 aromatic rings. The van der Waals surface area contributed by atoms with Gasteiger partial charge >= 0.3 is 0 Å². The molecule has 0 spiro atoms. The monoisotopic (exact) mass is 268 g/mol. The van der Waals surface area contributed by atoms with Gasteiger partial charge in [-0.2, -0.15) is 0 Å². The van der Waals surface area contributed by atoms with E-state index < -0.39 is 0 Å². The summed E-state index contributed by atoms with van der Waals surface area (Å²) in [6.07, 6.45) is 2.17. The second-order valence-corrected chi connectivity index (χ2v) is 6.10. The molecule has 0 atom stereocenters. The predicted molar refractivity (Wildman–Crippen MR) is 85.4 cm³/mol. The minimum Gasteiger partial charge on any atom is -0.508 e. The Bertz CT molecular complexity index is 596. The molecule has 2 rings (SSSR count). The summed E-state index contributed by atoms with van der Waals surface area (Å²) in [4.78, 5) is 0. The molecule has 0 saturated heterocycles. The van der Waals surface area contributed by atoms with Crippen LogP contribution in [0.25, 0.3) is 0 Å². The van der Waals surface area contributed by atoms with Gasteiger partial charge in [0.05, 0.1) is 0 Å². The molecule has 0 aliphatic rings. The van der Waals surface area contributed by atoms with E-state index in [1.165, 1.54) is 16.7 Å². The van der Waals surface area contributed by atoms with Crippen LogP contribution in [0.5, 0.6) is 5.75 Å². The third-order valence-electron chi connectivity index (χ3n) is 4.01. The molecular weight excluding hydrogens is 244 g/mol. The summed E-state index contributed by atoms with van der Waals surface area (Å²) in [6, 6.07) is 14.5. The molecule has 2 aromatic carbocycles. The number of aryl methyl sites for hydroxylation is 2. The molecule has 0 unspecified atom stereocenters. The third kappa shape index (κ3) is 2.87. The van der Waals surface area contributed by atoms with Crippen LogP contribution in [-0.4, -0.2) is 5.11 Å². The zero-order chi connectivity index (χ0) is 14.8. The summed E-state index contributed by atoms with van der Waals surface area (Å²) in [5.74, 6) is 0.386. The van der Waals surface area contributed by atoms with Crippen LogP contribution in [0.2, 0.25) is 0 Å². The lowest BCUT2D eigenvalue weighted by molar-refractivity contribution is 0.452. The fourth-order valence-electron chi connectivity index (χ4n) is 2.72. The highest BCUT2D eigenvalue weighted by molar-refractivity contribution is 5.47. The van der Waals surface area contributed by atoms with Gasteiger partial charge in [-0.3, -0.25) is 0 Å². The van der Waals surface area contributed by atoms with Crippen molar-refractivity contribution in [1.29, 1.82) is 0 Å². The van der Waals surface area contributed by atoms with Gasteiger partial charge in [-0.15, -0.1) is 0 Å². The Labute approximate surface area is 122 Å². The predicted octanol–water partition coefficient (Wildman–Crippen LogP) is 4.98. The first-order valence-corrected chi connectivity index (χ1v) is 7.34. The molecule has 0 heterocycles. The molecule has 0 bridgehead atoms. The van der Waals surface area contributed by atoms with Crippen molar-refractivity contribution in [3.05, 3.63) is 64.7 Å². The van der Waals surface area contributed by atoms with E-state index in [9.17, 15) is 5.11 Å². The van der Waals surface area contributed by atoms with Crippen molar-refractivity contribution >= 4 is 0 Å². The molecule has 1 nitrogen and oxygen atoms in total. The molecule has 0 aliphatic heterocycles. The minimum absolute atomic E-state index is 0.195. The van der Waals surface area contributed by atoms with Crippen molar-refractivity contribution < 1.29 is 5.11 Å². The molecule has 0 fully saturated rings. The van der Waals surface area contributed by atoms with Gasteiger partial charge in [0.15, 0.2) is 0 Å². The Morgan fingerprint density at radius 2 is 1.80 bits per heavy atom. The summed E-state index contributed by atoms with van der Waals surface area (Å²) < 4.78 is 0. The molecular formula is C19H24O. The molecule has 1 heteroatoms. The van der Waals surface area contributed by atoms with Gasteiger partial charge in [0, 0.05) is 11.0 Å². The maximum absolute atomic E-state index is 10.3. The van der Waals surface area contributed by atoms with E-state index in [2.05, 4.69) is 58.0 Å². The maximum Gasteiger partial charge on any atom is 0.119 e. The van der Waals surface area contributed by atoms with Crippen LogP contribution in [0.3, 0.4) is 0 Å². The number of hydrogen-bond donors (Lipinski definition) is 1. The number of hydrogen-bond acceptors (Lipinski definition) is 1. The smallest absolute Gasteiger partial charge is 0.119 e. The second kappa shape index (κ2) is 5.70. The van der Waals surface area contributed by atoms with Gasteiger partial charge < -0.3 is 5.11 Å². The Morgan fingerprint density at radius 3 is 2.45 bits per heavy atom. The molecule has 20 heavy (non-hydrogen) atoms. The van der Waals surface area contributed by atoms with Crippen LogP contribution in [0.4, 0.5) is 0 Å². The zero-order valence-corrected chi connectivity index (χ0v) is 12.9. The fourth-order valence-corrected chi connectivity index (χ4v) is 2.72. The fraction of sp³-hybridized carbons (Fsp3) is 0.368. The molecule has 1 N–H and O–H groups in total. The molecule has 106 valence electrons. The largest absolute Gasteiger partial charge is 0.508 e. The zero-order valence-electron chi connectivity index (χ0n) is 12.9. The average Bonchev–Trinajstić information content (AvgIpc) is 2.41. The van der Waals surface area contributed by atoms with Gasteiger partial charge in [-0.25, -0.2) is 0 Å². The van der Waals surface area contributed by atoms with Crippen LogP contribution in [0.15, 0.2) is 42.5 Å². The topological polar surface area (TPSA) is 20.2 Å². The Balaban J connectivity index is 2.50. The van der Waals surface area contributed by atoms with Crippen LogP contribution >= 0.6 is 0 Å². The van der Waals surface area contributed by atoms with E-state index in [1.54, 1.807) is 0 Å². The van der Waals surface area contributed by atoms with Crippen molar-refractivity contribution in [3.8, 4) is 5.75 Å². The SMILES string of the molecule is CCCc1ccc(O)c(C(C)(C)c2cccc(C)c2)c1. The first kappa shape index (κ1) is 14.6. The maximum atomic E-state index is 10.3. The van der Waals surface area contributed by atoms with Gasteiger partial charge in [-0.05, 0) is 30.5 Å². The standard InChI is InChI=1S/C19H24O/c1-5-7-15-10-11-18(20)17(13-15)19(3,4)16-9-6-8-14(2)12-16/h6,8-13,20H,5,7H2,1-4H3. The van der Waals surface area contributed by atoms with E-state index in [4.69, 9.17) is 0 Å². The lowest BCUT2D eigenvalue weighted by atomic mass is 9.76. The van der Waals surface area contributed by atoms with Crippen molar-refractivity contribution in [3.63, 3.8) is 0 Å². The van der Waals surface area contributed by atoms with Crippen LogP contribution < -0.4 is 0 Å². The third-order valence-corrected chi connectivity index (χ3v) is 4.01. The van der Waals surface area contributed by atoms with E-state index in [0.717, 1.165) is 18.4 Å². The van der Waals surface area contributed by atoms with Crippen LogP contribution in [-0.2, 0) is 11.8 Å². The summed E-state index contributed by atoms with van der Waals surface area (Å²) in [5, 5.41) is 10.3. The minimum atomic E-state index is -0.195. The van der Waals surface area contributed by atoms with Crippen molar-refractivity contribution in [2.24, 2.45) is 0 Å². The number of rotatable bonds is 4. The molecule has 0 aromatic heterocycles. The number of benzene rings is 2. The summed E-state index contributed by atoms with van der Waals surface area (Å²) >= 11 is 0. The average molecular weight is 268 g/mol. The summed E-state index contributed by atoms with van der Waals surface area (Å²) in [5.41, 5.74) is 4.59. The summed E-state index contributed by atoms with van der Waals surface area (Å²) in [6.45, 7) is 8.63. The lowest BCUT2D eigenvalue weighted by Crippen LogP contribution is -2.19. The van der Waals surface area contributed by atoms with E-state index in [-0.39, 0.29) is 5.41 Å². The second-order valence-electron chi connectivity index (χ2n) is 6.10. The van der Waals surface area contributed by atoms with E-state index in [1.807, 2.05) is 12.1 Å². The number of aromatic hydroxyl groups is 1. The van der Waals surface area contributed by atoms with Crippen molar-refractivity contribution in [1.82, 2.24) is 0 Å². The Hall–Kier alpha value is -1.76. The highest BCUT2D eigenvalue weighted by atomic mass is 16.3. The molecule has 0 aliphatic carbocycles. The van der Waals surface area contributed by atoms with Crippen molar-refractivity contribution in [2.45, 2.75) is 46.0 Å². The van der Waals surface area contributed by atoms with Gasteiger partial charge in [0.25, 0.3) is 0 Å². The quantitative estimate of drug-likeness (QED) is 0.829. The number of phenolic OH excluding ortho intramolecular Hbond substituents is 1. The van der Waals surface area contributed by atoms with Gasteiger partial charge in [0.1, 0.15) is 5.75 Å². The van der Waals surface area contributed by atoms with E-state index >= 15 is 0 Å². The van der Waals surface area contributed by atoms with E-state index in [0.29, 0.717) is 5.75 Å². The molecule has 0 amide bonds. The normalized spacial score (nSPS) is 11.6. The first-order chi connectivity index (χ1) is 9.45. The Morgan fingerprint density at radius 1 is 1.05 bits per heavy atom.